The van der Waals surface area contributed by atoms with Crippen molar-refractivity contribution in [2.24, 2.45) is 5.41 Å². The molecule has 1 saturated heterocycles. The normalized spacial score (nSPS) is 21.1. The Morgan fingerprint density at radius 2 is 1.46 bits per heavy atom. The van der Waals surface area contributed by atoms with Crippen molar-refractivity contribution in [3.63, 3.8) is 0 Å². The zero-order valence-corrected chi connectivity index (χ0v) is 25.6. The van der Waals surface area contributed by atoms with E-state index in [0.717, 1.165) is 5.56 Å². The summed E-state index contributed by atoms with van der Waals surface area (Å²) in [6.45, 7) is 18.0. The number of carbonyl (C=O) groups is 2. The van der Waals surface area contributed by atoms with Gasteiger partial charge in [-0.15, -0.1) is 5.54 Å². The molecule has 0 unspecified atom stereocenters. The molecule has 2 aliphatic rings. The lowest BCUT2D eigenvalue weighted by Gasteiger charge is -2.48. The molecule has 2 heterocycles. The number of esters is 1. The number of hydrogen-bond donors (Lipinski definition) is 0. The molecule has 0 saturated carbocycles. The van der Waals surface area contributed by atoms with Gasteiger partial charge in [-0.05, 0) is 34.3 Å². The lowest BCUT2D eigenvalue weighted by molar-refractivity contribution is -0.142. The number of hydrogen-bond acceptors (Lipinski definition) is 4. The molecule has 206 valence electrons. The quantitative estimate of drug-likeness (QED) is 0.215. The van der Waals surface area contributed by atoms with Crippen LogP contribution in [0.1, 0.15) is 83.8 Å². The van der Waals surface area contributed by atoms with Crippen LogP contribution in [-0.2, 0) is 9.53 Å². The van der Waals surface area contributed by atoms with E-state index < -0.39 is 19.5 Å². The minimum absolute atomic E-state index is 0.0371. The second kappa shape index (κ2) is 11.2. The van der Waals surface area contributed by atoms with Gasteiger partial charge in [-0.3, -0.25) is 4.79 Å². The summed E-state index contributed by atoms with van der Waals surface area (Å²) in [7, 11) is -1.99. The highest BCUT2D eigenvalue weighted by molar-refractivity contribution is 6.90. The van der Waals surface area contributed by atoms with Crippen molar-refractivity contribution in [3.8, 4) is 11.5 Å². The van der Waals surface area contributed by atoms with Crippen molar-refractivity contribution in [2.75, 3.05) is 0 Å². The molecule has 0 spiro atoms. The molecule has 1 amide bonds. The lowest BCUT2D eigenvalue weighted by atomic mass is 9.77. The largest absolute Gasteiger partial charge is 0.425 e. The lowest BCUT2D eigenvalue weighted by Crippen LogP contribution is -2.52. The van der Waals surface area contributed by atoms with Crippen LogP contribution < -0.4 is 0 Å². The first-order valence-electron chi connectivity index (χ1n) is 14.1. The second-order valence-corrected chi connectivity index (χ2v) is 17.9. The van der Waals surface area contributed by atoms with E-state index in [-0.39, 0.29) is 18.0 Å². The van der Waals surface area contributed by atoms with Crippen molar-refractivity contribution in [2.45, 2.75) is 90.5 Å². The fourth-order valence-corrected chi connectivity index (χ4v) is 12.0. The SMILES string of the molecule is CC(C)[Si](C#C[C@H]1CC(=O)N2C=C(OC(=O)c3ccccc3)C(C)(C)[C@@H](c3ccccc3)N12)(C(C)C)C(C)C. The standard InChI is InChI=1S/C33H42N2O3Si/c1-23(2)39(24(3)4,25(5)6)20-19-28-21-30(36)34-22-29(38-32(37)27-17-13-10-14-18-27)33(7,8)31(35(28)34)26-15-11-9-12-16-26/h9-18,22-25,28,31H,21H2,1-8H3/t28-,31+/m0/s1. The van der Waals surface area contributed by atoms with Crippen molar-refractivity contribution in [3.05, 3.63) is 83.7 Å². The molecule has 0 bridgehead atoms. The summed E-state index contributed by atoms with van der Waals surface area (Å²) < 4.78 is 6.02. The molecule has 2 aliphatic heterocycles. The maximum absolute atomic E-state index is 13.5. The number of ether oxygens (including phenoxy) is 1. The molecular formula is C33H42N2O3Si. The number of hydrazine groups is 1. The monoisotopic (exact) mass is 542 g/mol. The van der Waals surface area contributed by atoms with Crippen molar-refractivity contribution < 1.29 is 14.3 Å². The molecular weight excluding hydrogens is 500 g/mol. The third-order valence-electron chi connectivity index (χ3n) is 8.66. The Morgan fingerprint density at radius 1 is 0.923 bits per heavy atom. The van der Waals surface area contributed by atoms with Crippen molar-refractivity contribution in [1.29, 1.82) is 0 Å². The van der Waals surface area contributed by atoms with Gasteiger partial charge >= 0.3 is 5.97 Å². The van der Waals surface area contributed by atoms with Crippen LogP contribution in [0.4, 0.5) is 0 Å². The number of benzene rings is 2. The summed E-state index contributed by atoms with van der Waals surface area (Å²) in [6.07, 6.45) is 2.02. The van der Waals surface area contributed by atoms with Crippen LogP contribution in [-0.4, -0.2) is 36.0 Å². The molecule has 4 rings (SSSR count). The van der Waals surface area contributed by atoms with E-state index in [4.69, 9.17) is 4.74 Å². The third-order valence-corrected chi connectivity index (χ3v) is 15.0. The highest BCUT2D eigenvalue weighted by Gasteiger charge is 2.53. The zero-order valence-electron chi connectivity index (χ0n) is 24.6. The molecule has 39 heavy (non-hydrogen) atoms. The van der Waals surface area contributed by atoms with Gasteiger partial charge in [-0.25, -0.2) is 9.80 Å². The van der Waals surface area contributed by atoms with Gasteiger partial charge in [-0.1, -0.05) is 110 Å². The number of fused-ring (bicyclic) bond motifs is 1. The average Bonchev–Trinajstić information content (AvgIpc) is 3.19. The van der Waals surface area contributed by atoms with Crippen molar-refractivity contribution in [1.82, 2.24) is 10.0 Å². The van der Waals surface area contributed by atoms with Crippen LogP contribution >= 0.6 is 0 Å². The van der Waals surface area contributed by atoms with Crippen LogP contribution in [0.3, 0.4) is 0 Å². The predicted molar refractivity (Wildman–Crippen MR) is 159 cm³/mol. The Morgan fingerprint density at radius 3 is 2.00 bits per heavy atom. The topological polar surface area (TPSA) is 49.9 Å². The van der Waals surface area contributed by atoms with Crippen molar-refractivity contribution >= 4 is 20.0 Å². The van der Waals surface area contributed by atoms with E-state index in [1.54, 1.807) is 23.3 Å². The van der Waals surface area contributed by atoms with Crippen LogP contribution in [0.15, 0.2) is 72.6 Å². The van der Waals surface area contributed by atoms with Gasteiger partial charge in [0, 0.05) is 5.41 Å². The molecule has 1 fully saturated rings. The average molecular weight is 543 g/mol. The van der Waals surface area contributed by atoms with Gasteiger partial charge in [-0.2, -0.15) is 5.01 Å². The first-order valence-corrected chi connectivity index (χ1v) is 16.3. The summed E-state index contributed by atoms with van der Waals surface area (Å²) in [5.41, 5.74) is 6.28. The molecule has 2 aromatic carbocycles. The molecule has 5 nitrogen and oxygen atoms in total. The third kappa shape index (κ3) is 5.23. The fourth-order valence-electron chi connectivity index (χ4n) is 6.67. The first kappa shape index (κ1) is 28.9. The molecule has 2 aromatic rings. The number of carbonyl (C=O) groups excluding carboxylic acids is 2. The highest BCUT2D eigenvalue weighted by Crippen LogP contribution is 2.51. The fraction of sp³-hybridized carbons (Fsp3) is 0.455. The Labute approximate surface area is 235 Å². The summed E-state index contributed by atoms with van der Waals surface area (Å²) in [4.78, 5) is 26.6. The van der Waals surface area contributed by atoms with Crippen LogP contribution in [0.5, 0.6) is 0 Å². The van der Waals surface area contributed by atoms with E-state index in [2.05, 4.69) is 84.0 Å². The number of amides is 1. The first-order chi connectivity index (χ1) is 18.4. The Bertz CT molecular complexity index is 1270. The summed E-state index contributed by atoms with van der Waals surface area (Å²) in [5.74, 6) is 3.66. The number of nitrogens with zero attached hydrogens (tertiary/aromatic N) is 2. The summed E-state index contributed by atoms with van der Waals surface area (Å²) in [5, 5.41) is 3.78. The predicted octanol–water partition coefficient (Wildman–Crippen LogP) is 7.51. The molecule has 0 aromatic heterocycles. The van der Waals surface area contributed by atoms with Gasteiger partial charge in [0.2, 0.25) is 5.91 Å². The van der Waals surface area contributed by atoms with Crippen LogP contribution in [0.2, 0.25) is 16.6 Å². The Balaban J connectivity index is 1.81. The summed E-state index contributed by atoms with van der Waals surface area (Å²) >= 11 is 0. The molecule has 0 radical (unpaired) electrons. The van der Waals surface area contributed by atoms with E-state index >= 15 is 0 Å². The highest BCUT2D eigenvalue weighted by atomic mass is 28.3. The number of rotatable bonds is 6. The van der Waals surface area contributed by atoms with Gasteiger partial charge < -0.3 is 4.74 Å². The van der Waals surface area contributed by atoms with Gasteiger partial charge in [0.15, 0.2) is 0 Å². The van der Waals surface area contributed by atoms with E-state index in [1.807, 2.05) is 36.4 Å². The van der Waals surface area contributed by atoms with E-state index in [1.165, 1.54) is 0 Å². The zero-order chi connectivity index (χ0) is 28.5. The minimum Gasteiger partial charge on any atom is -0.425 e. The Kier molecular flexibility index (Phi) is 8.25. The van der Waals surface area contributed by atoms with Gasteiger partial charge in [0.05, 0.1) is 30.3 Å². The van der Waals surface area contributed by atoms with Gasteiger partial charge in [0.1, 0.15) is 13.8 Å². The van der Waals surface area contributed by atoms with Crippen LogP contribution in [0.25, 0.3) is 0 Å². The smallest absolute Gasteiger partial charge is 0.343 e. The van der Waals surface area contributed by atoms with E-state index in [9.17, 15) is 9.59 Å². The molecule has 0 aliphatic carbocycles. The maximum Gasteiger partial charge on any atom is 0.343 e. The summed E-state index contributed by atoms with van der Waals surface area (Å²) in [6, 6.07) is 18.6. The van der Waals surface area contributed by atoms with E-state index in [0.29, 0.717) is 34.4 Å². The van der Waals surface area contributed by atoms with Crippen LogP contribution in [0, 0.1) is 16.9 Å². The van der Waals surface area contributed by atoms with Gasteiger partial charge in [0.25, 0.3) is 0 Å². The molecule has 0 N–H and O–H groups in total. The molecule has 6 heteroatoms. The Hall–Kier alpha value is -3.14. The molecule has 2 atom stereocenters. The maximum atomic E-state index is 13.5. The minimum atomic E-state index is -1.99. The second-order valence-electron chi connectivity index (χ2n) is 12.3.